The fraction of sp³-hybridized carbons (Fsp3) is 0.538. The largest absolute Gasteiger partial charge is 0.314 e. The zero-order chi connectivity index (χ0) is 11.2. The number of nitrogens with one attached hydrogen (secondary N) is 1. The lowest BCUT2D eigenvalue weighted by Crippen LogP contribution is -2.44. The van der Waals surface area contributed by atoms with Gasteiger partial charge in [-0.15, -0.1) is 11.8 Å². The van der Waals surface area contributed by atoms with Crippen molar-refractivity contribution >= 4 is 11.8 Å². The van der Waals surface area contributed by atoms with E-state index in [2.05, 4.69) is 40.7 Å². The first-order chi connectivity index (χ1) is 7.88. The van der Waals surface area contributed by atoms with E-state index in [0.717, 1.165) is 13.1 Å². The van der Waals surface area contributed by atoms with Gasteiger partial charge in [0.2, 0.25) is 0 Å². The average Bonchev–Trinajstić information content (AvgIpc) is 2.38. The molecule has 16 heavy (non-hydrogen) atoms. The molecule has 3 heteroatoms. The van der Waals surface area contributed by atoms with Gasteiger partial charge in [-0.2, -0.15) is 0 Å². The van der Waals surface area contributed by atoms with E-state index in [0.29, 0.717) is 0 Å². The van der Waals surface area contributed by atoms with E-state index < -0.39 is 0 Å². The molecule has 1 aliphatic rings. The van der Waals surface area contributed by atoms with Crippen LogP contribution in [0.15, 0.2) is 29.2 Å². The minimum atomic E-state index is 1.14. The van der Waals surface area contributed by atoms with Crippen LogP contribution in [0.3, 0.4) is 0 Å². The SMILES string of the molecule is CSc1ccc(CCN2CCNCC2)cc1. The van der Waals surface area contributed by atoms with Crippen molar-refractivity contribution in [3.05, 3.63) is 29.8 Å². The maximum absolute atomic E-state index is 3.38. The number of hydrogen-bond donors (Lipinski definition) is 1. The molecule has 1 heterocycles. The second-order valence-corrected chi connectivity index (χ2v) is 5.07. The smallest absolute Gasteiger partial charge is 0.0108 e. The molecule has 0 unspecified atom stereocenters. The Bertz CT molecular complexity index is 304. The molecule has 1 saturated heterocycles. The molecule has 0 amide bonds. The summed E-state index contributed by atoms with van der Waals surface area (Å²) in [5, 5.41) is 3.38. The standard InChI is InChI=1S/C13H20N2S/c1-16-13-4-2-12(3-5-13)6-9-15-10-7-14-8-11-15/h2-5,14H,6-11H2,1H3. The third-order valence-electron chi connectivity index (χ3n) is 3.09. The molecule has 1 aromatic carbocycles. The van der Waals surface area contributed by atoms with Gasteiger partial charge in [-0.25, -0.2) is 0 Å². The van der Waals surface area contributed by atoms with Crippen LogP contribution >= 0.6 is 11.8 Å². The van der Waals surface area contributed by atoms with Crippen molar-refractivity contribution in [1.29, 1.82) is 0 Å². The topological polar surface area (TPSA) is 15.3 Å². The van der Waals surface area contributed by atoms with E-state index in [1.165, 1.54) is 36.5 Å². The van der Waals surface area contributed by atoms with Gasteiger partial charge in [0.25, 0.3) is 0 Å². The number of thioether (sulfide) groups is 1. The number of hydrogen-bond acceptors (Lipinski definition) is 3. The predicted molar refractivity (Wildman–Crippen MR) is 71.2 cm³/mol. The van der Waals surface area contributed by atoms with Crippen LogP contribution in [0.25, 0.3) is 0 Å². The summed E-state index contributed by atoms with van der Waals surface area (Å²) in [6, 6.07) is 8.96. The van der Waals surface area contributed by atoms with Gasteiger partial charge < -0.3 is 10.2 Å². The van der Waals surface area contributed by atoms with E-state index in [1.54, 1.807) is 11.8 Å². The van der Waals surface area contributed by atoms with Gasteiger partial charge in [0.15, 0.2) is 0 Å². The first-order valence-corrected chi connectivity index (χ1v) is 7.17. The maximum Gasteiger partial charge on any atom is 0.0108 e. The van der Waals surface area contributed by atoms with Crippen molar-refractivity contribution in [3.8, 4) is 0 Å². The fourth-order valence-electron chi connectivity index (χ4n) is 2.01. The number of benzene rings is 1. The van der Waals surface area contributed by atoms with E-state index in [9.17, 15) is 0 Å². The van der Waals surface area contributed by atoms with Gasteiger partial charge in [-0.05, 0) is 30.4 Å². The summed E-state index contributed by atoms with van der Waals surface area (Å²) in [5.41, 5.74) is 1.45. The van der Waals surface area contributed by atoms with Crippen LogP contribution < -0.4 is 5.32 Å². The van der Waals surface area contributed by atoms with Crippen molar-refractivity contribution in [2.75, 3.05) is 39.0 Å². The summed E-state index contributed by atoms with van der Waals surface area (Å²) >= 11 is 1.80. The third kappa shape index (κ3) is 3.51. The van der Waals surface area contributed by atoms with Gasteiger partial charge in [0.1, 0.15) is 0 Å². The second-order valence-electron chi connectivity index (χ2n) is 4.19. The number of nitrogens with zero attached hydrogens (tertiary/aromatic N) is 1. The Morgan fingerprint density at radius 1 is 1.19 bits per heavy atom. The Labute approximate surface area is 102 Å². The van der Waals surface area contributed by atoms with Gasteiger partial charge in [-0.3, -0.25) is 0 Å². The molecule has 1 N–H and O–H groups in total. The highest BCUT2D eigenvalue weighted by molar-refractivity contribution is 7.98. The first-order valence-electron chi connectivity index (χ1n) is 5.94. The molecule has 0 bridgehead atoms. The van der Waals surface area contributed by atoms with Crippen LogP contribution in [0.1, 0.15) is 5.56 Å². The average molecular weight is 236 g/mol. The van der Waals surface area contributed by atoms with E-state index >= 15 is 0 Å². The lowest BCUT2D eigenvalue weighted by Gasteiger charge is -2.27. The van der Waals surface area contributed by atoms with Crippen molar-refractivity contribution in [2.24, 2.45) is 0 Å². The fourth-order valence-corrected chi connectivity index (χ4v) is 2.42. The summed E-state index contributed by atoms with van der Waals surface area (Å²) in [7, 11) is 0. The second kappa shape index (κ2) is 6.28. The normalized spacial score (nSPS) is 17.6. The van der Waals surface area contributed by atoms with Gasteiger partial charge in [0.05, 0.1) is 0 Å². The summed E-state index contributed by atoms with van der Waals surface area (Å²) in [5.74, 6) is 0. The van der Waals surface area contributed by atoms with Crippen LogP contribution in [0, 0.1) is 0 Å². The molecule has 0 radical (unpaired) electrons. The molecule has 0 aliphatic carbocycles. The van der Waals surface area contributed by atoms with Crippen LogP contribution in [0.4, 0.5) is 0 Å². The minimum Gasteiger partial charge on any atom is -0.314 e. The molecule has 0 saturated carbocycles. The third-order valence-corrected chi connectivity index (χ3v) is 3.83. The Balaban J connectivity index is 1.79. The maximum atomic E-state index is 3.38. The summed E-state index contributed by atoms with van der Waals surface area (Å²) in [6.07, 6.45) is 3.30. The number of rotatable bonds is 4. The molecular formula is C13H20N2S. The van der Waals surface area contributed by atoms with Crippen molar-refractivity contribution < 1.29 is 0 Å². The molecule has 0 atom stereocenters. The minimum absolute atomic E-state index is 1.14. The zero-order valence-electron chi connectivity index (χ0n) is 9.91. The number of piperazine rings is 1. The van der Waals surface area contributed by atoms with Crippen LogP contribution in [-0.2, 0) is 6.42 Å². The van der Waals surface area contributed by atoms with Crippen LogP contribution in [0.5, 0.6) is 0 Å². The van der Waals surface area contributed by atoms with E-state index in [4.69, 9.17) is 0 Å². The van der Waals surface area contributed by atoms with Gasteiger partial charge in [-0.1, -0.05) is 12.1 Å². The molecule has 2 nitrogen and oxygen atoms in total. The molecule has 88 valence electrons. The molecule has 1 fully saturated rings. The molecule has 2 rings (SSSR count). The molecule has 0 spiro atoms. The highest BCUT2D eigenvalue weighted by Crippen LogP contribution is 2.15. The Morgan fingerprint density at radius 3 is 2.50 bits per heavy atom. The monoisotopic (exact) mass is 236 g/mol. The molecule has 0 aromatic heterocycles. The quantitative estimate of drug-likeness (QED) is 0.803. The van der Waals surface area contributed by atoms with Crippen LogP contribution in [0.2, 0.25) is 0 Å². The Kier molecular flexibility index (Phi) is 4.69. The van der Waals surface area contributed by atoms with E-state index in [-0.39, 0.29) is 0 Å². The predicted octanol–water partition coefficient (Wildman–Crippen LogP) is 1.86. The van der Waals surface area contributed by atoms with Crippen molar-refractivity contribution in [1.82, 2.24) is 10.2 Å². The Morgan fingerprint density at radius 2 is 1.88 bits per heavy atom. The van der Waals surface area contributed by atoms with Crippen molar-refractivity contribution in [3.63, 3.8) is 0 Å². The lowest BCUT2D eigenvalue weighted by atomic mass is 10.1. The first kappa shape index (κ1) is 12.0. The summed E-state index contributed by atoms with van der Waals surface area (Å²) < 4.78 is 0. The highest BCUT2D eigenvalue weighted by atomic mass is 32.2. The molecule has 1 aromatic rings. The molecule has 1 aliphatic heterocycles. The summed E-state index contributed by atoms with van der Waals surface area (Å²) in [6.45, 7) is 5.88. The highest BCUT2D eigenvalue weighted by Gasteiger charge is 2.08. The molecular weight excluding hydrogens is 216 g/mol. The van der Waals surface area contributed by atoms with E-state index in [1.807, 2.05) is 0 Å². The Hall–Kier alpha value is -0.510. The lowest BCUT2D eigenvalue weighted by molar-refractivity contribution is 0.244. The van der Waals surface area contributed by atoms with Gasteiger partial charge >= 0.3 is 0 Å². The van der Waals surface area contributed by atoms with Crippen LogP contribution in [-0.4, -0.2) is 43.9 Å². The summed E-state index contributed by atoms with van der Waals surface area (Å²) in [4.78, 5) is 3.89. The zero-order valence-corrected chi connectivity index (χ0v) is 10.7. The van der Waals surface area contributed by atoms with Crippen molar-refractivity contribution in [2.45, 2.75) is 11.3 Å². The van der Waals surface area contributed by atoms with Gasteiger partial charge in [0, 0.05) is 37.6 Å².